The number of fused-ring (bicyclic) bond motifs is 1. The fourth-order valence-corrected chi connectivity index (χ4v) is 6.37. The van der Waals surface area contributed by atoms with Crippen LogP contribution in [0.5, 0.6) is 0 Å². The second-order valence-corrected chi connectivity index (χ2v) is 11.8. The molecule has 200 valence electrons. The van der Waals surface area contributed by atoms with Crippen molar-refractivity contribution in [3.05, 3.63) is 96.3 Å². The number of allylic oxidation sites excluding steroid dienone is 4. The van der Waals surface area contributed by atoms with Gasteiger partial charge in [0.15, 0.2) is 0 Å². The van der Waals surface area contributed by atoms with E-state index in [0.717, 1.165) is 72.1 Å². The van der Waals surface area contributed by atoms with Crippen LogP contribution in [0.2, 0.25) is 0 Å². The third-order valence-electron chi connectivity index (χ3n) is 8.40. The minimum absolute atomic E-state index is 0.0906. The van der Waals surface area contributed by atoms with Crippen LogP contribution in [0.25, 0.3) is 33.4 Å². The Bertz CT molecular complexity index is 1590. The van der Waals surface area contributed by atoms with Gasteiger partial charge in [-0.25, -0.2) is 4.98 Å². The quantitative estimate of drug-likeness (QED) is 0.274. The molecule has 0 saturated heterocycles. The Morgan fingerprint density at radius 2 is 1.67 bits per heavy atom. The van der Waals surface area contributed by atoms with Crippen LogP contribution in [0, 0.1) is 16.7 Å². The highest BCUT2D eigenvalue weighted by Crippen LogP contribution is 2.40. The fraction of sp³-hybridized carbons (Fsp3) is 0.353. The zero-order valence-electron chi connectivity index (χ0n) is 23.0. The molecule has 39 heavy (non-hydrogen) atoms. The van der Waals surface area contributed by atoms with Gasteiger partial charge in [0.25, 0.3) is 0 Å². The summed E-state index contributed by atoms with van der Waals surface area (Å²) in [6.45, 7) is 5.87. The molecule has 0 amide bonds. The van der Waals surface area contributed by atoms with E-state index in [-0.39, 0.29) is 17.4 Å². The minimum Gasteiger partial charge on any atom is -0.393 e. The first kappa shape index (κ1) is 25.6. The summed E-state index contributed by atoms with van der Waals surface area (Å²) < 4.78 is 4.28. The van der Waals surface area contributed by atoms with Crippen LogP contribution >= 0.6 is 0 Å². The number of rotatable bonds is 7. The van der Waals surface area contributed by atoms with Crippen LogP contribution < -0.4 is 5.49 Å². The summed E-state index contributed by atoms with van der Waals surface area (Å²) in [7, 11) is 0. The molecule has 4 aromatic rings. The van der Waals surface area contributed by atoms with Crippen molar-refractivity contribution in [2.24, 2.45) is 11.3 Å². The Labute approximate surface area is 230 Å². The number of hydrogen-bond acceptors (Lipinski definition) is 3. The first-order valence-corrected chi connectivity index (χ1v) is 14.3. The van der Waals surface area contributed by atoms with E-state index in [1.165, 1.54) is 5.57 Å². The van der Waals surface area contributed by atoms with Gasteiger partial charge in [-0.15, -0.1) is 0 Å². The molecule has 2 aliphatic rings. The number of aromatic nitrogens is 3. The van der Waals surface area contributed by atoms with Crippen molar-refractivity contribution in [3.8, 4) is 22.4 Å². The smallest absolute Gasteiger partial charge is 0.146 e. The maximum Gasteiger partial charge on any atom is 0.146 e. The van der Waals surface area contributed by atoms with Crippen LogP contribution in [-0.4, -0.2) is 25.3 Å². The van der Waals surface area contributed by atoms with Gasteiger partial charge in [-0.1, -0.05) is 106 Å². The van der Waals surface area contributed by atoms with Gasteiger partial charge in [0.2, 0.25) is 0 Å². The van der Waals surface area contributed by atoms with Gasteiger partial charge in [-0.05, 0) is 36.0 Å². The lowest BCUT2D eigenvalue weighted by atomic mass is 9.86. The number of hydrogen-bond donors (Lipinski definition) is 2. The number of benzene rings is 2. The van der Waals surface area contributed by atoms with E-state index in [1.54, 1.807) is 0 Å². The van der Waals surface area contributed by atoms with Crippen molar-refractivity contribution >= 4 is 11.0 Å². The lowest BCUT2D eigenvalue weighted by Gasteiger charge is -2.28. The number of aliphatic hydroxyl groups is 1. The van der Waals surface area contributed by atoms with E-state index >= 15 is 0 Å². The molecule has 0 spiro atoms. The summed E-state index contributed by atoms with van der Waals surface area (Å²) in [6, 6.07) is 21.0. The number of aliphatic hydroxyl groups excluding tert-OH is 1. The molecule has 1 fully saturated rings. The molecule has 2 N–H and O–H groups in total. The average Bonchev–Trinajstić information content (AvgIpc) is 3.47. The predicted molar refractivity (Wildman–Crippen MR) is 158 cm³/mol. The Morgan fingerprint density at radius 1 is 0.974 bits per heavy atom. The lowest BCUT2D eigenvalue weighted by Crippen LogP contribution is -2.32. The Kier molecular flexibility index (Phi) is 6.86. The summed E-state index contributed by atoms with van der Waals surface area (Å²) >= 11 is 0. The molecule has 2 heterocycles. The topological polar surface area (TPSA) is 66.8 Å². The maximum absolute atomic E-state index is 10.7. The molecular weight excluding hydrogens is 480 g/mol. The van der Waals surface area contributed by atoms with Crippen molar-refractivity contribution < 1.29 is 5.11 Å². The second-order valence-electron chi connectivity index (χ2n) is 11.8. The van der Waals surface area contributed by atoms with Crippen LogP contribution in [0.15, 0.2) is 90.8 Å². The van der Waals surface area contributed by atoms with Crippen molar-refractivity contribution in [2.75, 3.05) is 0 Å². The van der Waals surface area contributed by atoms with E-state index in [4.69, 9.17) is 4.98 Å². The molecule has 2 aliphatic carbocycles. The molecule has 1 saturated carbocycles. The highest BCUT2D eigenvalue weighted by molar-refractivity contribution is 6.02. The monoisotopic (exact) mass is 518 g/mol. The molecule has 0 radical (unpaired) electrons. The summed E-state index contributed by atoms with van der Waals surface area (Å²) in [5.41, 5.74) is 7.12. The largest absolute Gasteiger partial charge is 0.393 e. The molecule has 5 nitrogen and oxygen atoms in total. The van der Waals surface area contributed by atoms with Crippen LogP contribution in [0.1, 0.15) is 46.0 Å². The lowest BCUT2D eigenvalue weighted by molar-refractivity contribution is 0.0598. The number of nitrogens with one attached hydrogen (secondary N) is 1. The summed E-state index contributed by atoms with van der Waals surface area (Å²) in [5.74, 6) is 0.160. The normalized spacial score (nSPS) is 20.4. The zero-order chi connectivity index (χ0) is 27.0. The summed E-state index contributed by atoms with van der Waals surface area (Å²) in [5, 5.41) is 21.0. The van der Waals surface area contributed by atoms with E-state index < -0.39 is 0 Å². The first-order valence-electron chi connectivity index (χ1n) is 14.3. The van der Waals surface area contributed by atoms with Gasteiger partial charge in [-0.3, -0.25) is 5.41 Å². The highest BCUT2D eigenvalue weighted by atomic mass is 16.3. The van der Waals surface area contributed by atoms with Crippen molar-refractivity contribution in [1.82, 2.24) is 14.1 Å². The molecular formula is C34H38N4O. The second kappa shape index (κ2) is 10.5. The SMILES string of the molecule is CC1(C)C=CC(CCn2c(-c3ccccc3)c(-c3ccccc3)c3c(=N)n(C[C@H]4CCCC[C@@H]4O)cnc32)=C1. The average molecular weight is 519 g/mol. The predicted octanol–water partition coefficient (Wildman–Crippen LogP) is 7.11. The Balaban J connectivity index is 1.55. The number of aryl methyl sites for hydroxylation is 1. The summed E-state index contributed by atoms with van der Waals surface area (Å²) in [4.78, 5) is 5.03. The van der Waals surface area contributed by atoms with Crippen LogP contribution in [0.3, 0.4) is 0 Å². The third kappa shape index (κ3) is 5.04. The van der Waals surface area contributed by atoms with Gasteiger partial charge >= 0.3 is 0 Å². The zero-order valence-corrected chi connectivity index (χ0v) is 23.0. The van der Waals surface area contributed by atoms with Crippen molar-refractivity contribution in [2.45, 2.75) is 65.1 Å². The van der Waals surface area contributed by atoms with E-state index in [1.807, 2.05) is 23.0 Å². The van der Waals surface area contributed by atoms with Gasteiger partial charge in [0.1, 0.15) is 11.1 Å². The van der Waals surface area contributed by atoms with Crippen molar-refractivity contribution in [1.29, 1.82) is 5.41 Å². The van der Waals surface area contributed by atoms with Gasteiger partial charge < -0.3 is 14.2 Å². The first-order chi connectivity index (χ1) is 18.9. The fourth-order valence-electron chi connectivity index (χ4n) is 6.37. The minimum atomic E-state index is -0.309. The molecule has 5 heteroatoms. The van der Waals surface area contributed by atoms with E-state index in [0.29, 0.717) is 12.0 Å². The summed E-state index contributed by atoms with van der Waals surface area (Å²) in [6.07, 6.45) is 13.3. The van der Waals surface area contributed by atoms with Crippen LogP contribution in [-0.2, 0) is 13.1 Å². The Morgan fingerprint density at radius 3 is 2.33 bits per heavy atom. The standard InChI is InChI=1S/C34H38N4O/c1-34(2)19-17-24(21-34)18-20-38-31(26-13-7-4-8-14-26)29(25-11-5-3-6-12-25)30-32(35)37(23-36-33(30)38)22-27-15-9-10-16-28(27)39/h3-8,11-14,17,19,21,23,27-28,35,39H,9-10,15-16,18,20,22H2,1-2H3/t27-,28+/m1/s1. The van der Waals surface area contributed by atoms with Crippen molar-refractivity contribution in [3.63, 3.8) is 0 Å². The van der Waals surface area contributed by atoms with Gasteiger partial charge in [-0.2, -0.15) is 0 Å². The molecule has 2 aromatic heterocycles. The highest BCUT2D eigenvalue weighted by Gasteiger charge is 2.27. The molecule has 6 rings (SSSR count). The molecule has 2 atom stereocenters. The molecule has 2 aromatic carbocycles. The maximum atomic E-state index is 10.7. The van der Waals surface area contributed by atoms with Gasteiger partial charge in [0.05, 0.1) is 23.5 Å². The Hall–Kier alpha value is -3.70. The molecule has 0 aliphatic heterocycles. The number of nitrogens with zero attached hydrogens (tertiary/aromatic N) is 3. The molecule has 0 bridgehead atoms. The third-order valence-corrected chi connectivity index (χ3v) is 8.40. The van der Waals surface area contributed by atoms with E-state index in [2.05, 4.69) is 85.2 Å². The molecule has 0 unspecified atom stereocenters. The van der Waals surface area contributed by atoms with Gasteiger partial charge in [0, 0.05) is 30.0 Å². The van der Waals surface area contributed by atoms with Crippen LogP contribution in [0.4, 0.5) is 0 Å². The van der Waals surface area contributed by atoms with E-state index in [9.17, 15) is 10.5 Å².